The van der Waals surface area contributed by atoms with Crippen LogP contribution in [0.15, 0.2) is 48.0 Å². The van der Waals surface area contributed by atoms with Crippen LogP contribution in [0.3, 0.4) is 0 Å². The minimum Gasteiger partial charge on any atom is -0.381 e. The molecule has 31 heavy (non-hydrogen) atoms. The van der Waals surface area contributed by atoms with Crippen LogP contribution in [-0.2, 0) is 6.42 Å². The van der Waals surface area contributed by atoms with Gasteiger partial charge in [0, 0.05) is 55.9 Å². The molecule has 0 amide bonds. The molecule has 0 spiro atoms. The van der Waals surface area contributed by atoms with E-state index in [0.717, 1.165) is 45.7 Å². The van der Waals surface area contributed by atoms with Crippen molar-refractivity contribution >= 4 is 38.7 Å². The van der Waals surface area contributed by atoms with Gasteiger partial charge in [0.2, 0.25) is 0 Å². The van der Waals surface area contributed by atoms with Crippen LogP contribution in [0.25, 0.3) is 15.7 Å². The van der Waals surface area contributed by atoms with Crippen molar-refractivity contribution in [2.24, 2.45) is 0 Å². The number of anilines is 2. The SMILES string of the molecule is c1ccc2c(N3CCN(CCc4ccc5c(c4)C4=C(CCCC4)CN5)CC3)nsc2c1. The van der Waals surface area contributed by atoms with Crippen LogP contribution in [0.5, 0.6) is 0 Å². The van der Waals surface area contributed by atoms with Crippen molar-refractivity contribution in [3.8, 4) is 0 Å². The number of benzene rings is 2. The lowest BCUT2D eigenvalue weighted by Gasteiger charge is -2.35. The Kier molecular flexibility index (Phi) is 5.17. The highest BCUT2D eigenvalue weighted by Gasteiger charge is 2.23. The summed E-state index contributed by atoms with van der Waals surface area (Å²) in [6.45, 7) is 6.57. The first-order valence-electron chi connectivity index (χ1n) is 11.7. The summed E-state index contributed by atoms with van der Waals surface area (Å²) in [5, 5.41) is 4.95. The Bertz CT molecular complexity index is 1120. The minimum absolute atomic E-state index is 1.06. The highest BCUT2D eigenvalue weighted by molar-refractivity contribution is 7.13. The fourth-order valence-corrected chi connectivity index (χ4v) is 6.21. The third kappa shape index (κ3) is 3.74. The molecular weight excluding hydrogens is 400 g/mol. The molecule has 4 nitrogen and oxygen atoms in total. The first-order chi connectivity index (χ1) is 15.3. The van der Waals surface area contributed by atoms with Gasteiger partial charge in [-0.05, 0) is 84.6 Å². The van der Waals surface area contributed by atoms with E-state index in [1.807, 2.05) is 0 Å². The zero-order valence-electron chi connectivity index (χ0n) is 18.1. The van der Waals surface area contributed by atoms with Crippen molar-refractivity contribution in [1.29, 1.82) is 0 Å². The van der Waals surface area contributed by atoms with Gasteiger partial charge in [0.15, 0.2) is 0 Å². The summed E-state index contributed by atoms with van der Waals surface area (Å²) in [5.41, 5.74) is 7.60. The molecule has 6 rings (SSSR count). The highest BCUT2D eigenvalue weighted by atomic mass is 32.1. The first-order valence-corrected chi connectivity index (χ1v) is 12.5. The van der Waals surface area contributed by atoms with Crippen molar-refractivity contribution < 1.29 is 0 Å². The van der Waals surface area contributed by atoms with E-state index in [-0.39, 0.29) is 0 Å². The van der Waals surface area contributed by atoms with E-state index < -0.39 is 0 Å². The number of aromatic nitrogens is 1. The van der Waals surface area contributed by atoms with Crippen molar-refractivity contribution in [3.05, 3.63) is 59.2 Å². The maximum atomic E-state index is 4.75. The van der Waals surface area contributed by atoms with Gasteiger partial charge in [-0.3, -0.25) is 4.90 Å². The van der Waals surface area contributed by atoms with E-state index in [1.165, 1.54) is 58.4 Å². The molecule has 2 aromatic carbocycles. The van der Waals surface area contributed by atoms with Gasteiger partial charge in [-0.15, -0.1) is 0 Å². The predicted octanol–water partition coefficient (Wildman–Crippen LogP) is 5.41. The fraction of sp³-hybridized carbons (Fsp3) is 0.423. The average Bonchev–Trinajstić information content (AvgIpc) is 3.27. The fourth-order valence-electron chi connectivity index (χ4n) is 5.41. The van der Waals surface area contributed by atoms with Crippen molar-refractivity contribution in [2.45, 2.75) is 32.1 Å². The number of hydrogen-bond donors (Lipinski definition) is 1. The van der Waals surface area contributed by atoms with Gasteiger partial charge in [-0.1, -0.05) is 18.2 Å². The number of piperazine rings is 1. The van der Waals surface area contributed by atoms with Crippen LogP contribution in [0.4, 0.5) is 11.5 Å². The van der Waals surface area contributed by atoms with E-state index >= 15 is 0 Å². The van der Waals surface area contributed by atoms with Crippen molar-refractivity contribution in [3.63, 3.8) is 0 Å². The molecule has 1 fully saturated rings. The molecule has 3 aliphatic rings. The Morgan fingerprint density at radius 1 is 0.968 bits per heavy atom. The first kappa shape index (κ1) is 19.3. The summed E-state index contributed by atoms with van der Waals surface area (Å²) in [5.74, 6) is 1.18. The number of hydrogen-bond acceptors (Lipinski definition) is 5. The lowest BCUT2D eigenvalue weighted by Crippen LogP contribution is -2.47. The molecule has 0 unspecified atom stereocenters. The summed E-state index contributed by atoms with van der Waals surface area (Å²) in [6, 6.07) is 15.7. The third-order valence-corrected chi connectivity index (χ3v) is 8.05. The van der Waals surface area contributed by atoms with Gasteiger partial charge in [0.05, 0.1) is 4.70 Å². The molecule has 1 saturated heterocycles. The molecule has 160 valence electrons. The van der Waals surface area contributed by atoms with Crippen LogP contribution in [0.2, 0.25) is 0 Å². The van der Waals surface area contributed by atoms with Crippen LogP contribution in [-0.4, -0.2) is 48.5 Å². The predicted molar refractivity (Wildman–Crippen MR) is 132 cm³/mol. The summed E-state index contributed by atoms with van der Waals surface area (Å²) in [6.07, 6.45) is 6.39. The lowest BCUT2D eigenvalue weighted by molar-refractivity contribution is 0.261. The second-order valence-electron chi connectivity index (χ2n) is 9.10. The second kappa shape index (κ2) is 8.29. The molecular formula is C26H30N4S. The molecule has 3 aromatic rings. The van der Waals surface area contributed by atoms with Crippen LogP contribution in [0, 0.1) is 0 Å². The minimum atomic E-state index is 1.06. The molecule has 5 heteroatoms. The van der Waals surface area contributed by atoms with Crippen LogP contribution in [0.1, 0.15) is 36.8 Å². The summed E-state index contributed by atoms with van der Waals surface area (Å²) in [7, 11) is 0. The van der Waals surface area contributed by atoms with Crippen molar-refractivity contribution in [2.75, 3.05) is 49.5 Å². The van der Waals surface area contributed by atoms with Gasteiger partial charge in [-0.25, -0.2) is 0 Å². The maximum Gasteiger partial charge on any atom is 0.150 e. The Balaban J connectivity index is 1.09. The van der Waals surface area contributed by atoms with E-state index in [4.69, 9.17) is 4.37 Å². The average molecular weight is 431 g/mol. The zero-order chi connectivity index (χ0) is 20.6. The monoisotopic (exact) mass is 430 g/mol. The topological polar surface area (TPSA) is 31.4 Å². The smallest absolute Gasteiger partial charge is 0.150 e. The molecule has 0 atom stereocenters. The quantitative estimate of drug-likeness (QED) is 0.599. The van der Waals surface area contributed by atoms with E-state index in [9.17, 15) is 0 Å². The Hall–Kier alpha value is -2.37. The second-order valence-corrected chi connectivity index (χ2v) is 9.91. The van der Waals surface area contributed by atoms with Crippen LogP contribution < -0.4 is 10.2 Å². The van der Waals surface area contributed by atoms with E-state index in [2.05, 4.69) is 57.6 Å². The summed E-state index contributed by atoms with van der Waals surface area (Å²) >= 11 is 1.62. The molecule has 0 saturated carbocycles. The number of rotatable bonds is 4. The van der Waals surface area contributed by atoms with Gasteiger partial charge < -0.3 is 10.2 Å². The summed E-state index contributed by atoms with van der Waals surface area (Å²) < 4.78 is 6.04. The lowest BCUT2D eigenvalue weighted by atomic mass is 9.83. The molecule has 0 radical (unpaired) electrons. The maximum absolute atomic E-state index is 4.75. The zero-order valence-corrected chi connectivity index (χ0v) is 18.9. The molecule has 1 aromatic heterocycles. The van der Waals surface area contributed by atoms with Gasteiger partial charge in [-0.2, -0.15) is 4.37 Å². The van der Waals surface area contributed by atoms with Gasteiger partial charge in [0.1, 0.15) is 5.82 Å². The Morgan fingerprint density at radius 3 is 2.77 bits per heavy atom. The van der Waals surface area contributed by atoms with Gasteiger partial charge >= 0.3 is 0 Å². The largest absolute Gasteiger partial charge is 0.381 e. The molecule has 1 N–H and O–H groups in total. The number of fused-ring (bicyclic) bond motifs is 3. The van der Waals surface area contributed by atoms with Gasteiger partial charge in [0.25, 0.3) is 0 Å². The van der Waals surface area contributed by atoms with Crippen LogP contribution >= 0.6 is 11.5 Å². The van der Waals surface area contributed by atoms with E-state index in [1.54, 1.807) is 22.7 Å². The number of nitrogens with zero attached hydrogens (tertiary/aromatic N) is 3. The third-order valence-electron chi connectivity index (χ3n) is 7.23. The molecule has 0 bridgehead atoms. The number of nitrogens with one attached hydrogen (secondary N) is 1. The highest BCUT2D eigenvalue weighted by Crippen LogP contribution is 2.39. The Labute approximate surface area is 188 Å². The molecule has 1 aliphatic carbocycles. The normalized spacial score (nSPS) is 19.3. The molecule has 3 heterocycles. The van der Waals surface area contributed by atoms with E-state index in [0.29, 0.717) is 0 Å². The van der Waals surface area contributed by atoms with Crippen molar-refractivity contribution in [1.82, 2.24) is 9.27 Å². The molecule has 2 aliphatic heterocycles. The summed E-state index contributed by atoms with van der Waals surface area (Å²) in [4.78, 5) is 5.09. The number of allylic oxidation sites excluding steroid dienone is 1. The standard InChI is InChI=1S/C26H30N4S/c1-2-6-21-20(5-1)18-27-24-10-9-19(17-23(21)24)11-12-29-13-15-30(16-14-29)26-22-7-3-4-8-25(22)31-28-26/h3-4,7-10,17,27H,1-2,5-6,11-16,18H2. The Morgan fingerprint density at radius 2 is 1.84 bits per heavy atom.